The fraction of sp³-hybridized carbons (Fsp3) is 0.467. The van der Waals surface area contributed by atoms with Crippen LogP contribution in [-0.4, -0.2) is 23.3 Å². The highest BCUT2D eigenvalue weighted by molar-refractivity contribution is 5.81. The highest BCUT2D eigenvalue weighted by atomic mass is 19.1. The summed E-state index contributed by atoms with van der Waals surface area (Å²) < 4.78 is 14.0. The first kappa shape index (κ1) is 13.7. The van der Waals surface area contributed by atoms with Gasteiger partial charge in [0.25, 0.3) is 0 Å². The average molecular weight is 260 g/mol. The topological polar surface area (TPSA) is 44.1 Å². The van der Waals surface area contributed by atoms with E-state index in [1.165, 1.54) is 6.07 Å². The van der Waals surface area contributed by atoms with Crippen LogP contribution in [0.15, 0.2) is 18.2 Å². The molecule has 0 aromatic heterocycles. The lowest BCUT2D eigenvalue weighted by molar-refractivity contribution is -0.123. The van der Waals surface area contributed by atoms with Gasteiger partial charge in [-0.3, -0.25) is 9.69 Å². The summed E-state index contributed by atoms with van der Waals surface area (Å²) in [6.07, 6.45) is 2.92. The number of ketones is 1. The van der Waals surface area contributed by atoms with Crippen molar-refractivity contribution in [1.82, 2.24) is 4.90 Å². The van der Waals surface area contributed by atoms with Crippen LogP contribution in [0.2, 0.25) is 0 Å². The SMILES string of the molecule is CC(=O)C1CCCCN1Cc1cccc(C#N)c1F. The molecule has 1 aromatic rings. The molecule has 3 nitrogen and oxygen atoms in total. The first-order valence-electron chi connectivity index (χ1n) is 6.55. The molecule has 0 spiro atoms. The molecule has 0 saturated carbocycles. The fourth-order valence-electron chi connectivity index (χ4n) is 2.65. The van der Waals surface area contributed by atoms with Crippen LogP contribution in [0.5, 0.6) is 0 Å². The maximum Gasteiger partial charge on any atom is 0.146 e. The van der Waals surface area contributed by atoms with Crippen molar-refractivity contribution in [2.24, 2.45) is 0 Å². The molecule has 0 bridgehead atoms. The third-order valence-electron chi connectivity index (χ3n) is 3.66. The van der Waals surface area contributed by atoms with E-state index in [0.717, 1.165) is 25.8 Å². The Hall–Kier alpha value is -1.73. The standard InChI is InChI=1S/C15H17FN2O/c1-11(19)14-7-2-3-8-18(14)10-13-6-4-5-12(9-17)15(13)16/h4-6,14H,2-3,7-8,10H2,1H3. The molecule has 1 fully saturated rings. The number of carbonyl (C=O) groups excluding carboxylic acids is 1. The first-order chi connectivity index (χ1) is 9.13. The van der Waals surface area contributed by atoms with Gasteiger partial charge in [0.05, 0.1) is 11.6 Å². The second kappa shape index (κ2) is 5.94. The van der Waals surface area contributed by atoms with E-state index in [1.54, 1.807) is 19.1 Å². The lowest BCUT2D eigenvalue weighted by Gasteiger charge is -2.34. The summed E-state index contributed by atoms with van der Waals surface area (Å²) in [6, 6.07) is 6.57. The predicted molar refractivity (Wildman–Crippen MR) is 69.8 cm³/mol. The van der Waals surface area contributed by atoms with E-state index >= 15 is 0 Å². The lowest BCUT2D eigenvalue weighted by Crippen LogP contribution is -2.43. The summed E-state index contributed by atoms with van der Waals surface area (Å²) in [7, 11) is 0. The number of rotatable bonds is 3. The zero-order chi connectivity index (χ0) is 13.8. The molecule has 0 amide bonds. The zero-order valence-corrected chi connectivity index (χ0v) is 11.0. The summed E-state index contributed by atoms with van der Waals surface area (Å²) in [4.78, 5) is 13.6. The summed E-state index contributed by atoms with van der Waals surface area (Å²) >= 11 is 0. The molecule has 1 aliphatic heterocycles. The van der Waals surface area contributed by atoms with Gasteiger partial charge < -0.3 is 0 Å². The van der Waals surface area contributed by atoms with Crippen LogP contribution in [-0.2, 0) is 11.3 Å². The third kappa shape index (κ3) is 2.99. The van der Waals surface area contributed by atoms with Gasteiger partial charge >= 0.3 is 0 Å². The molecule has 1 unspecified atom stereocenters. The second-order valence-corrected chi connectivity index (χ2v) is 4.98. The summed E-state index contributed by atoms with van der Waals surface area (Å²) in [6.45, 7) is 2.79. The molecule has 1 aliphatic rings. The van der Waals surface area contributed by atoms with Crippen LogP contribution in [0.4, 0.5) is 4.39 Å². The molecule has 1 aromatic carbocycles. The molecular formula is C15H17FN2O. The Morgan fingerprint density at radius 2 is 2.32 bits per heavy atom. The van der Waals surface area contributed by atoms with Crippen molar-refractivity contribution in [3.8, 4) is 6.07 Å². The Morgan fingerprint density at radius 1 is 1.53 bits per heavy atom. The van der Waals surface area contributed by atoms with E-state index in [4.69, 9.17) is 5.26 Å². The van der Waals surface area contributed by atoms with Crippen molar-refractivity contribution in [3.05, 3.63) is 35.1 Å². The smallest absolute Gasteiger partial charge is 0.146 e. The van der Waals surface area contributed by atoms with Crippen molar-refractivity contribution in [3.63, 3.8) is 0 Å². The van der Waals surface area contributed by atoms with Crippen molar-refractivity contribution in [2.45, 2.75) is 38.8 Å². The molecule has 1 saturated heterocycles. The quantitative estimate of drug-likeness (QED) is 0.839. The largest absolute Gasteiger partial charge is 0.298 e. The molecular weight excluding hydrogens is 243 g/mol. The summed E-state index contributed by atoms with van der Waals surface area (Å²) in [5, 5.41) is 8.83. The van der Waals surface area contributed by atoms with E-state index in [9.17, 15) is 9.18 Å². The van der Waals surface area contributed by atoms with Crippen molar-refractivity contribution in [2.75, 3.05) is 6.54 Å². The lowest BCUT2D eigenvalue weighted by atomic mass is 9.98. The van der Waals surface area contributed by atoms with Gasteiger partial charge in [-0.1, -0.05) is 18.6 Å². The van der Waals surface area contributed by atoms with Crippen LogP contribution in [0.25, 0.3) is 0 Å². The minimum absolute atomic E-state index is 0.0638. The number of nitrogens with zero attached hydrogens (tertiary/aromatic N) is 2. The molecule has 1 atom stereocenters. The van der Waals surface area contributed by atoms with Gasteiger partial charge in [0.2, 0.25) is 0 Å². The number of nitriles is 1. The molecule has 1 heterocycles. The molecule has 0 radical (unpaired) electrons. The van der Waals surface area contributed by atoms with Gasteiger partial charge in [-0.05, 0) is 32.4 Å². The average Bonchev–Trinajstić information content (AvgIpc) is 2.41. The minimum atomic E-state index is -0.460. The van der Waals surface area contributed by atoms with Crippen LogP contribution in [0.1, 0.15) is 37.3 Å². The highest BCUT2D eigenvalue weighted by Crippen LogP contribution is 2.22. The first-order valence-corrected chi connectivity index (χ1v) is 6.55. The number of halogens is 1. The summed E-state index contributed by atoms with van der Waals surface area (Å²) in [5.41, 5.74) is 0.557. The number of carbonyl (C=O) groups is 1. The number of hydrogen-bond donors (Lipinski definition) is 0. The molecule has 0 N–H and O–H groups in total. The van der Waals surface area contributed by atoms with Crippen LogP contribution in [0.3, 0.4) is 0 Å². The van der Waals surface area contributed by atoms with Crippen molar-refractivity contribution >= 4 is 5.78 Å². The predicted octanol–water partition coefficient (Wildman–Crippen LogP) is 2.64. The van der Waals surface area contributed by atoms with Gasteiger partial charge in [-0.15, -0.1) is 0 Å². The van der Waals surface area contributed by atoms with Gasteiger partial charge in [-0.2, -0.15) is 5.26 Å². The van der Waals surface area contributed by atoms with E-state index in [-0.39, 0.29) is 17.4 Å². The normalized spacial score (nSPS) is 19.9. The molecule has 100 valence electrons. The molecule has 19 heavy (non-hydrogen) atoms. The Bertz CT molecular complexity index is 521. The number of piperidine rings is 1. The van der Waals surface area contributed by atoms with Crippen LogP contribution < -0.4 is 0 Å². The Kier molecular flexibility index (Phi) is 4.28. The van der Waals surface area contributed by atoms with Gasteiger partial charge in [0.15, 0.2) is 0 Å². The van der Waals surface area contributed by atoms with E-state index in [0.29, 0.717) is 12.1 Å². The third-order valence-corrected chi connectivity index (χ3v) is 3.66. The Labute approximate surface area is 112 Å². The molecule has 0 aliphatic carbocycles. The number of likely N-dealkylation sites (tertiary alicyclic amines) is 1. The molecule has 2 rings (SSSR count). The monoisotopic (exact) mass is 260 g/mol. The number of hydrogen-bond acceptors (Lipinski definition) is 3. The second-order valence-electron chi connectivity index (χ2n) is 4.98. The highest BCUT2D eigenvalue weighted by Gasteiger charge is 2.26. The van der Waals surface area contributed by atoms with E-state index in [1.807, 2.05) is 11.0 Å². The van der Waals surface area contributed by atoms with Crippen LogP contribution in [0, 0.1) is 17.1 Å². The van der Waals surface area contributed by atoms with Gasteiger partial charge in [0, 0.05) is 12.1 Å². The Balaban J connectivity index is 2.20. The fourth-order valence-corrected chi connectivity index (χ4v) is 2.65. The maximum atomic E-state index is 14.0. The summed E-state index contributed by atoms with van der Waals surface area (Å²) in [5.74, 6) is -0.325. The number of Topliss-reactive ketones (excluding diaryl/α,β-unsaturated/α-hetero) is 1. The molecule has 4 heteroatoms. The van der Waals surface area contributed by atoms with Crippen LogP contribution >= 0.6 is 0 Å². The van der Waals surface area contributed by atoms with Gasteiger partial charge in [-0.25, -0.2) is 4.39 Å². The van der Waals surface area contributed by atoms with E-state index in [2.05, 4.69) is 0 Å². The van der Waals surface area contributed by atoms with Crippen molar-refractivity contribution < 1.29 is 9.18 Å². The number of benzene rings is 1. The zero-order valence-electron chi connectivity index (χ0n) is 11.0. The minimum Gasteiger partial charge on any atom is -0.298 e. The van der Waals surface area contributed by atoms with E-state index < -0.39 is 5.82 Å². The maximum absolute atomic E-state index is 14.0. The van der Waals surface area contributed by atoms with Gasteiger partial charge in [0.1, 0.15) is 17.7 Å². The Morgan fingerprint density at radius 3 is 3.00 bits per heavy atom. The van der Waals surface area contributed by atoms with Crippen molar-refractivity contribution in [1.29, 1.82) is 5.26 Å².